The molecule has 56 heavy (non-hydrogen) atoms. The number of thiocarbonyl (C=S) groups is 1. The molecule has 2 rings (SSSR count). The minimum atomic E-state index is -4.41. The molecule has 1 aliphatic heterocycles. The van der Waals surface area contributed by atoms with Crippen molar-refractivity contribution in [3.05, 3.63) is 48.0 Å². The Bertz CT molecular complexity index is 2250. The van der Waals surface area contributed by atoms with E-state index in [1.807, 2.05) is 30.4 Å². The lowest BCUT2D eigenvalue weighted by atomic mass is 9.82. The summed E-state index contributed by atoms with van der Waals surface area (Å²) in [5, 5.41) is 6.15. The Kier molecular flexibility index (Phi) is 23.8. The van der Waals surface area contributed by atoms with E-state index >= 15 is 0 Å². The average Bonchev–Trinajstić information content (AvgIpc) is 3.48. The molecule has 2 unspecified atom stereocenters. The summed E-state index contributed by atoms with van der Waals surface area (Å²) in [6.45, 7) is 2.02. The Labute approximate surface area is 336 Å². The predicted octanol–water partition coefficient (Wildman–Crippen LogP) is 3.57. The maximum atomic E-state index is 12.3. The Morgan fingerprint density at radius 2 is 1.45 bits per heavy atom. The molecule has 0 spiro atoms. The molecular weight excluding hydrogens is 746 g/mol. The van der Waals surface area contributed by atoms with E-state index in [9.17, 15) is 14.3 Å². The number of carbonyl (C=O) groups is 1. The predicted molar refractivity (Wildman–Crippen MR) is 217 cm³/mol. The van der Waals surface area contributed by atoms with Crippen LogP contribution in [-0.4, -0.2) is 62.5 Å². The molecular formula is C43H34BN2O8PS. The number of phosphoric acid groups is 1. The largest absolute Gasteiger partial charge is 0.508 e. The van der Waals surface area contributed by atoms with Gasteiger partial charge in [0, 0.05) is 90.8 Å². The summed E-state index contributed by atoms with van der Waals surface area (Å²) >= 11 is 5.21. The number of carbonyl (C=O) groups excluding carboxylic acids is 1. The second kappa shape index (κ2) is 29.1. The number of phosphoric ester groups is 1. The number of hydrogen-bond donors (Lipinski definition) is 3. The lowest BCUT2D eigenvalue weighted by Crippen LogP contribution is -2.34. The SMILES string of the molecule is [B][C@@H]1O[C@H](COC(=O)OCc2ccccc2)[C@H](OP(=O)(O)OC)C1C/C=C/CCCCNC(=S)NC#CC#CC#CC#CC#CC#CC#CC#CC#CC#CC. The smallest absolute Gasteiger partial charge is 0.431 e. The standard InChI is InChI=1S/C43H34BN2O8PS/c1-3-4-5-6-7-8-9-10-11-12-13-14-15-16-17-18-19-22-28-33-45-42(56)46-34-29-23-20-21-27-32-38-40(54-55(48,49)50-2)39(53-41(38)44)36-52-43(47)51-35-37-30-25-24-26-31-37/h21,24-27,30-31,38-41H,20,23,29,32,34-36H2,1-2H3,(H,48,49)(H2,45,46,56)/b27-21+/t38?,39-,40-,41-/m1/s1. The summed E-state index contributed by atoms with van der Waals surface area (Å²) in [6, 6.07) is 10.9. The van der Waals surface area contributed by atoms with Crippen molar-refractivity contribution < 1.29 is 37.5 Å². The van der Waals surface area contributed by atoms with Crippen molar-refractivity contribution in [3.63, 3.8) is 0 Å². The highest BCUT2D eigenvalue weighted by molar-refractivity contribution is 7.80. The number of ether oxygens (including phenoxy) is 3. The maximum absolute atomic E-state index is 12.3. The van der Waals surface area contributed by atoms with Gasteiger partial charge in [-0.25, -0.2) is 9.36 Å². The third-order valence-electron chi connectivity index (χ3n) is 6.68. The Morgan fingerprint density at radius 1 is 0.875 bits per heavy atom. The van der Waals surface area contributed by atoms with Crippen LogP contribution in [0.1, 0.15) is 38.2 Å². The number of nitrogens with one attached hydrogen (secondary N) is 2. The number of allylic oxidation sites excluding steroid dienone is 2. The van der Waals surface area contributed by atoms with E-state index in [-0.39, 0.29) is 13.2 Å². The van der Waals surface area contributed by atoms with Crippen LogP contribution in [0, 0.1) is 124 Å². The third-order valence-corrected chi connectivity index (χ3v) is 7.89. The lowest BCUT2D eigenvalue weighted by Gasteiger charge is -2.24. The quantitative estimate of drug-likeness (QED) is 0.0376. The second-order valence-corrected chi connectivity index (χ2v) is 12.5. The first-order valence-electron chi connectivity index (χ1n) is 16.7. The molecule has 0 bridgehead atoms. The molecule has 278 valence electrons. The maximum Gasteiger partial charge on any atom is 0.508 e. The fourth-order valence-electron chi connectivity index (χ4n) is 4.18. The van der Waals surface area contributed by atoms with E-state index < -0.39 is 38.1 Å². The lowest BCUT2D eigenvalue weighted by molar-refractivity contribution is -0.0303. The number of unbranched alkanes of at least 4 members (excludes halogenated alkanes) is 2. The van der Waals surface area contributed by atoms with Gasteiger partial charge in [-0.05, 0) is 97.8 Å². The molecule has 1 saturated heterocycles. The van der Waals surface area contributed by atoms with Gasteiger partial charge in [-0.15, -0.1) is 0 Å². The third kappa shape index (κ3) is 22.0. The van der Waals surface area contributed by atoms with E-state index in [1.165, 1.54) is 0 Å². The number of rotatable bonds is 14. The van der Waals surface area contributed by atoms with Crippen LogP contribution in [0.25, 0.3) is 0 Å². The van der Waals surface area contributed by atoms with Gasteiger partial charge < -0.3 is 24.4 Å². The first kappa shape index (κ1) is 45.8. The van der Waals surface area contributed by atoms with Gasteiger partial charge in [-0.3, -0.25) is 14.4 Å². The minimum absolute atomic E-state index is 0.0204. The molecule has 0 aromatic heterocycles. The minimum Gasteiger partial charge on any atom is -0.431 e. The summed E-state index contributed by atoms with van der Waals surface area (Å²) < 4.78 is 38.3. The molecule has 0 saturated carbocycles. The van der Waals surface area contributed by atoms with E-state index in [0.717, 1.165) is 31.9 Å². The van der Waals surface area contributed by atoms with Crippen molar-refractivity contribution >= 4 is 39.2 Å². The summed E-state index contributed by atoms with van der Waals surface area (Å²) in [4.78, 5) is 22.2. The summed E-state index contributed by atoms with van der Waals surface area (Å²) in [7, 11) is 2.83. The van der Waals surface area contributed by atoms with Gasteiger partial charge in [0.05, 0.1) is 0 Å². The number of benzene rings is 1. The van der Waals surface area contributed by atoms with Gasteiger partial charge in [0.1, 0.15) is 33.3 Å². The van der Waals surface area contributed by atoms with E-state index in [2.05, 4.69) is 134 Å². The van der Waals surface area contributed by atoms with Crippen molar-refractivity contribution in [3.8, 4) is 119 Å². The van der Waals surface area contributed by atoms with Gasteiger partial charge in [0.2, 0.25) is 0 Å². The van der Waals surface area contributed by atoms with Crippen molar-refractivity contribution in [2.24, 2.45) is 5.92 Å². The van der Waals surface area contributed by atoms with Gasteiger partial charge in [-0.1, -0.05) is 48.4 Å². The molecule has 1 aliphatic rings. The highest BCUT2D eigenvalue weighted by Gasteiger charge is 2.46. The molecule has 1 aromatic rings. The Balaban J connectivity index is 1.67. The first-order chi connectivity index (χ1) is 27.3. The topological polar surface area (TPSA) is 125 Å². The van der Waals surface area contributed by atoms with Crippen LogP contribution in [0.4, 0.5) is 4.79 Å². The average molecular weight is 781 g/mol. The van der Waals surface area contributed by atoms with Gasteiger partial charge in [-0.2, -0.15) is 0 Å². The highest BCUT2D eigenvalue weighted by atomic mass is 32.1. The zero-order valence-corrected chi connectivity index (χ0v) is 32.2. The molecule has 3 N–H and O–H groups in total. The first-order valence-corrected chi connectivity index (χ1v) is 18.6. The fourth-order valence-corrected chi connectivity index (χ4v) is 5.02. The van der Waals surface area contributed by atoms with Crippen LogP contribution in [-0.2, 0) is 34.4 Å². The van der Waals surface area contributed by atoms with E-state index in [4.69, 9.17) is 38.8 Å². The van der Waals surface area contributed by atoms with Crippen LogP contribution in [0.5, 0.6) is 0 Å². The number of hydrogen-bond acceptors (Lipinski definition) is 8. The molecule has 0 amide bonds. The molecule has 1 heterocycles. The van der Waals surface area contributed by atoms with Crippen LogP contribution in [0.2, 0.25) is 0 Å². The van der Waals surface area contributed by atoms with Crippen LogP contribution < -0.4 is 10.6 Å². The molecule has 1 fully saturated rings. The molecule has 2 radical (unpaired) electrons. The molecule has 1 aromatic carbocycles. The zero-order chi connectivity index (χ0) is 40.5. The summed E-state index contributed by atoms with van der Waals surface area (Å²) in [5.41, 5.74) is 0.785. The van der Waals surface area contributed by atoms with E-state index in [1.54, 1.807) is 19.1 Å². The highest BCUT2D eigenvalue weighted by Crippen LogP contribution is 2.48. The fraction of sp³-hybridized carbons (Fsp3) is 0.302. The summed E-state index contributed by atoms with van der Waals surface area (Å²) in [5.74, 6) is 47.6. The van der Waals surface area contributed by atoms with Crippen molar-refractivity contribution in [2.75, 3.05) is 20.3 Å². The second-order valence-electron chi connectivity index (χ2n) is 10.6. The summed E-state index contributed by atoms with van der Waals surface area (Å²) in [6.07, 6.45) is 3.84. The van der Waals surface area contributed by atoms with E-state index in [0.29, 0.717) is 18.1 Å². The van der Waals surface area contributed by atoms with Crippen LogP contribution in [0.3, 0.4) is 0 Å². The van der Waals surface area contributed by atoms with Gasteiger partial charge in [0.25, 0.3) is 0 Å². The Morgan fingerprint density at radius 3 is 2.02 bits per heavy atom. The molecule has 10 nitrogen and oxygen atoms in total. The van der Waals surface area contributed by atoms with Gasteiger partial charge >= 0.3 is 14.0 Å². The van der Waals surface area contributed by atoms with Crippen molar-refractivity contribution in [1.82, 2.24) is 10.6 Å². The normalized spacial score (nSPS) is 16.3. The van der Waals surface area contributed by atoms with Crippen LogP contribution >= 0.6 is 20.0 Å². The monoisotopic (exact) mass is 780 g/mol. The Hall–Kier alpha value is -6.35. The van der Waals surface area contributed by atoms with Crippen LogP contribution in [0.15, 0.2) is 42.5 Å². The van der Waals surface area contributed by atoms with Crippen molar-refractivity contribution in [1.29, 1.82) is 0 Å². The molecule has 5 atom stereocenters. The molecule has 13 heteroatoms. The zero-order valence-electron chi connectivity index (χ0n) is 30.5. The van der Waals surface area contributed by atoms with Crippen molar-refractivity contribution in [2.45, 2.75) is 57.4 Å². The molecule has 0 aliphatic carbocycles. The van der Waals surface area contributed by atoms with Gasteiger partial charge in [0.15, 0.2) is 5.11 Å².